The molecular formula is C8H6BrN3O. The maximum absolute atomic E-state index is 10.7. The number of H-pyrrole nitrogens is 1. The molecule has 13 heavy (non-hydrogen) atoms. The summed E-state index contributed by atoms with van der Waals surface area (Å²) in [5.74, 6) is 0. The van der Waals surface area contributed by atoms with Gasteiger partial charge >= 0.3 is 5.69 Å². The largest absolute Gasteiger partial charge is 0.361 e. The smallest absolute Gasteiger partial charge is 0.244 e. The lowest BCUT2D eigenvalue weighted by molar-refractivity contribution is 0.863. The van der Waals surface area contributed by atoms with Crippen molar-refractivity contribution in [3.05, 3.63) is 45.5 Å². The Labute approximate surface area is 82.3 Å². The molecule has 0 saturated carbocycles. The van der Waals surface area contributed by atoms with E-state index in [1.54, 1.807) is 4.68 Å². The Balaban J connectivity index is 2.52. The van der Waals surface area contributed by atoms with Crippen molar-refractivity contribution in [3.63, 3.8) is 0 Å². The summed E-state index contributed by atoms with van der Waals surface area (Å²) >= 11 is 3.34. The molecule has 1 N–H and O–H groups in total. The van der Waals surface area contributed by atoms with Crippen LogP contribution in [0.4, 0.5) is 0 Å². The van der Waals surface area contributed by atoms with Crippen molar-refractivity contribution < 1.29 is 0 Å². The molecule has 0 spiro atoms. The van der Waals surface area contributed by atoms with Gasteiger partial charge < -0.3 is 0 Å². The Kier molecular flexibility index (Phi) is 2.02. The quantitative estimate of drug-likeness (QED) is 0.817. The molecule has 0 aliphatic carbocycles. The molecule has 2 aromatic rings. The fourth-order valence-electron chi connectivity index (χ4n) is 1.03. The van der Waals surface area contributed by atoms with Crippen LogP contribution in [-0.4, -0.2) is 14.8 Å². The number of aromatic nitrogens is 3. The van der Waals surface area contributed by atoms with E-state index in [2.05, 4.69) is 26.0 Å². The first-order valence-corrected chi connectivity index (χ1v) is 4.44. The van der Waals surface area contributed by atoms with Gasteiger partial charge in [-0.1, -0.05) is 22.0 Å². The van der Waals surface area contributed by atoms with Gasteiger partial charge in [-0.3, -0.25) is 0 Å². The number of nitrogens with zero attached hydrogens (tertiary/aromatic N) is 2. The number of aromatic amines is 1. The Morgan fingerprint density at radius 3 is 2.92 bits per heavy atom. The predicted molar refractivity (Wildman–Crippen MR) is 51.9 cm³/mol. The number of hydrogen-bond donors (Lipinski definition) is 1. The van der Waals surface area contributed by atoms with Crippen LogP contribution in [0.5, 0.6) is 0 Å². The molecule has 1 aromatic heterocycles. The van der Waals surface area contributed by atoms with Crippen molar-refractivity contribution in [1.82, 2.24) is 14.8 Å². The number of rotatable bonds is 1. The molecule has 0 saturated heterocycles. The molecule has 0 atom stereocenters. The lowest BCUT2D eigenvalue weighted by atomic mass is 10.3. The van der Waals surface area contributed by atoms with Crippen molar-refractivity contribution in [2.45, 2.75) is 0 Å². The van der Waals surface area contributed by atoms with Crippen LogP contribution in [0.3, 0.4) is 0 Å². The van der Waals surface area contributed by atoms with E-state index in [9.17, 15) is 4.79 Å². The van der Waals surface area contributed by atoms with Crippen molar-refractivity contribution in [2.24, 2.45) is 0 Å². The van der Waals surface area contributed by atoms with Crippen molar-refractivity contribution in [3.8, 4) is 5.69 Å². The van der Waals surface area contributed by atoms with Crippen LogP contribution in [-0.2, 0) is 0 Å². The molecule has 0 amide bonds. The van der Waals surface area contributed by atoms with Crippen LogP contribution in [0, 0.1) is 0 Å². The molecule has 0 aliphatic rings. The van der Waals surface area contributed by atoms with E-state index >= 15 is 0 Å². The minimum atomic E-state index is -0.347. The summed E-state index contributed by atoms with van der Waals surface area (Å²) in [5.41, 5.74) is 0.518. The lowest BCUT2D eigenvalue weighted by Crippen LogP contribution is -2.04. The summed E-state index contributed by atoms with van der Waals surface area (Å²) in [7, 11) is 0. The van der Waals surface area contributed by atoms with Gasteiger partial charge in [-0.15, -0.1) is 0 Å². The molecule has 0 aliphatic heterocycles. The van der Waals surface area contributed by atoms with Crippen molar-refractivity contribution >= 4 is 15.9 Å². The Bertz CT molecular complexity index is 474. The van der Waals surface area contributed by atoms with E-state index in [0.717, 1.165) is 10.2 Å². The van der Waals surface area contributed by atoms with Crippen LogP contribution >= 0.6 is 15.9 Å². The van der Waals surface area contributed by atoms with Crippen LogP contribution in [0.25, 0.3) is 5.69 Å². The second-order valence-electron chi connectivity index (χ2n) is 2.51. The number of benzene rings is 1. The highest BCUT2D eigenvalue weighted by Crippen LogP contribution is 2.13. The summed E-state index contributed by atoms with van der Waals surface area (Å²) < 4.78 is 2.52. The Morgan fingerprint density at radius 1 is 1.46 bits per heavy atom. The molecule has 0 unspecified atom stereocenters. The SMILES string of the molecule is O=c1ncn(-c2cccc(Br)c2)[nH]1. The third-order valence-electron chi connectivity index (χ3n) is 1.59. The van der Waals surface area contributed by atoms with Gasteiger partial charge in [-0.2, -0.15) is 4.98 Å². The summed E-state index contributed by atoms with van der Waals surface area (Å²) in [5, 5.41) is 2.55. The van der Waals surface area contributed by atoms with Crippen LogP contribution < -0.4 is 5.69 Å². The van der Waals surface area contributed by atoms with E-state index in [-0.39, 0.29) is 5.69 Å². The Morgan fingerprint density at radius 2 is 2.31 bits per heavy atom. The van der Waals surface area contributed by atoms with Gasteiger partial charge in [0.15, 0.2) is 0 Å². The van der Waals surface area contributed by atoms with Gasteiger partial charge in [0.05, 0.1) is 5.69 Å². The van der Waals surface area contributed by atoms with Gasteiger partial charge in [0.1, 0.15) is 6.33 Å². The fourth-order valence-corrected chi connectivity index (χ4v) is 1.42. The zero-order chi connectivity index (χ0) is 9.26. The lowest BCUT2D eigenvalue weighted by Gasteiger charge is -2.00. The van der Waals surface area contributed by atoms with Crippen LogP contribution in [0.1, 0.15) is 0 Å². The molecule has 4 nitrogen and oxygen atoms in total. The zero-order valence-corrected chi connectivity index (χ0v) is 8.15. The molecule has 0 bridgehead atoms. The number of nitrogens with one attached hydrogen (secondary N) is 1. The normalized spacial score (nSPS) is 10.2. The predicted octanol–water partition coefficient (Wildman–Crippen LogP) is 1.32. The van der Waals surface area contributed by atoms with Crippen molar-refractivity contribution in [1.29, 1.82) is 0 Å². The van der Waals surface area contributed by atoms with Gasteiger partial charge in [-0.05, 0) is 18.2 Å². The van der Waals surface area contributed by atoms with Crippen LogP contribution in [0.2, 0.25) is 0 Å². The number of hydrogen-bond acceptors (Lipinski definition) is 2. The third kappa shape index (κ3) is 1.70. The number of halogens is 1. The average molecular weight is 240 g/mol. The highest BCUT2D eigenvalue weighted by Gasteiger charge is 1.96. The summed E-state index contributed by atoms with van der Waals surface area (Å²) in [4.78, 5) is 14.3. The average Bonchev–Trinajstić information content (AvgIpc) is 2.52. The van der Waals surface area contributed by atoms with Gasteiger partial charge in [-0.25, -0.2) is 14.6 Å². The fraction of sp³-hybridized carbons (Fsp3) is 0. The molecule has 1 heterocycles. The minimum absolute atomic E-state index is 0.347. The molecule has 66 valence electrons. The maximum atomic E-state index is 10.7. The maximum Gasteiger partial charge on any atom is 0.361 e. The summed E-state index contributed by atoms with van der Waals surface area (Å²) in [6.45, 7) is 0. The molecule has 2 rings (SSSR count). The van der Waals surface area contributed by atoms with E-state index < -0.39 is 0 Å². The monoisotopic (exact) mass is 239 g/mol. The van der Waals surface area contributed by atoms with E-state index in [1.807, 2.05) is 24.3 Å². The third-order valence-corrected chi connectivity index (χ3v) is 2.09. The second kappa shape index (κ2) is 3.18. The highest BCUT2D eigenvalue weighted by molar-refractivity contribution is 9.10. The van der Waals surface area contributed by atoms with E-state index in [4.69, 9.17) is 0 Å². The first-order valence-electron chi connectivity index (χ1n) is 3.65. The first-order chi connectivity index (χ1) is 6.25. The zero-order valence-electron chi connectivity index (χ0n) is 6.57. The molecule has 5 heteroatoms. The highest BCUT2D eigenvalue weighted by atomic mass is 79.9. The molecule has 0 radical (unpaired) electrons. The van der Waals surface area contributed by atoms with Crippen LogP contribution in [0.15, 0.2) is 39.9 Å². The second-order valence-corrected chi connectivity index (χ2v) is 3.43. The van der Waals surface area contributed by atoms with Crippen molar-refractivity contribution in [2.75, 3.05) is 0 Å². The van der Waals surface area contributed by atoms with E-state index in [1.165, 1.54) is 6.33 Å². The Hall–Kier alpha value is -1.36. The molecule has 0 fully saturated rings. The first kappa shape index (κ1) is 8.25. The standard InChI is InChI=1S/C8H6BrN3O/c9-6-2-1-3-7(4-6)12-5-10-8(13)11-12/h1-5H,(H,11,13). The van der Waals surface area contributed by atoms with E-state index in [0.29, 0.717) is 0 Å². The topological polar surface area (TPSA) is 50.7 Å². The summed E-state index contributed by atoms with van der Waals surface area (Å²) in [6, 6.07) is 7.57. The minimum Gasteiger partial charge on any atom is -0.244 e. The summed E-state index contributed by atoms with van der Waals surface area (Å²) in [6.07, 6.45) is 1.45. The van der Waals surface area contributed by atoms with Gasteiger partial charge in [0.2, 0.25) is 0 Å². The van der Waals surface area contributed by atoms with Gasteiger partial charge in [0.25, 0.3) is 0 Å². The molecule has 1 aromatic carbocycles. The van der Waals surface area contributed by atoms with Gasteiger partial charge in [0, 0.05) is 4.47 Å². The molecular weight excluding hydrogens is 234 g/mol.